The van der Waals surface area contributed by atoms with Gasteiger partial charge in [-0.2, -0.15) is 5.10 Å². The minimum atomic E-state index is -0.101. The van der Waals surface area contributed by atoms with Gasteiger partial charge >= 0.3 is 0 Å². The normalized spacial score (nSPS) is 11.0. The molecule has 0 unspecified atom stereocenters. The van der Waals surface area contributed by atoms with Crippen molar-refractivity contribution < 1.29 is 4.79 Å². The lowest BCUT2D eigenvalue weighted by molar-refractivity contribution is 0.0921. The van der Waals surface area contributed by atoms with Crippen LogP contribution in [0.2, 0.25) is 0 Å². The lowest BCUT2D eigenvalue weighted by atomic mass is 10.1. The van der Waals surface area contributed by atoms with Gasteiger partial charge < -0.3 is 0 Å². The van der Waals surface area contributed by atoms with Gasteiger partial charge in [-0.15, -0.1) is 0 Å². The molecule has 3 aromatic rings. The van der Waals surface area contributed by atoms with Crippen LogP contribution in [0.1, 0.15) is 28.5 Å². The standard InChI is InChI=1S/C20H18N2O/c1-15-8-11-18(12-9-15)20-14-19(22(21-20)16(2)23)13-10-17-6-4-3-5-7-17/h3-14H,1-2H3/b13-10+. The van der Waals surface area contributed by atoms with Crippen LogP contribution in [0.15, 0.2) is 60.7 Å². The van der Waals surface area contributed by atoms with Gasteiger partial charge in [-0.25, -0.2) is 4.68 Å². The maximum atomic E-state index is 11.8. The zero-order chi connectivity index (χ0) is 16.2. The molecular weight excluding hydrogens is 284 g/mol. The average Bonchev–Trinajstić information content (AvgIpc) is 2.99. The van der Waals surface area contributed by atoms with Gasteiger partial charge in [0, 0.05) is 12.5 Å². The number of hydrogen-bond donors (Lipinski definition) is 0. The summed E-state index contributed by atoms with van der Waals surface area (Å²) in [5.41, 5.74) is 4.86. The molecule has 0 aliphatic rings. The van der Waals surface area contributed by atoms with Crippen LogP contribution in [-0.4, -0.2) is 15.7 Å². The van der Waals surface area contributed by atoms with Gasteiger partial charge in [0.25, 0.3) is 0 Å². The van der Waals surface area contributed by atoms with Crippen molar-refractivity contribution in [2.45, 2.75) is 13.8 Å². The molecular formula is C20H18N2O. The molecule has 0 saturated heterocycles. The minimum Gasteiger partial charge on any atom is -0.273 e. The van der Waals surface area contributed by atoms with Crippen LogP contribution in [0.5, 0.6) is 0 Å². The Hall–Kier alpha value is -2.94. The molecule has 3 heteroatoms. The van der Waals surface area contributed by atoms with Gasteiger partial charge in [-0.3, -0.25) is 4.79 Å². The number of nitrogens with zero attached hydrogens (tertiary/aromatic N) is 2. The monoisotopic (exact) mass is 302 g/mol. The number of hydrogen-bond acceptors (Lipinski definition) is 2. The van der Waals surface area contributed by atoms with Crippen molar-refractivity contribution >= 4 is 18.1 Å². The highest BCUT2D eigenvalue weighted by Gasteiger charge is 2.10. The summed E-state index contributed by atoms with van der Waals surface area (Å²) in [6, 6.07) is 20.1. The Morgan fingerprint density at radius 1 is 1.00 bits per heavy atom. The van der Waals surface area contributed by atoms with Gasteiger partial charge in [-0.1, -0.05) is 66.2 Å². The maximum absolute atomic E-state index is 11.8. The third kappa shape index (κ3) is 3.46. The molecule has 0 aliphatic heterocycles. The number of aromatic nitrogens is 2. The van der Waals surface area contributed by atoms with Crippen molar-refractivity contribution in [2.24, 2.45) is 0 Å². The van der Waals surface area contributed by atoms with E-state index in [9.17, 15) is 4.79 Å². The summed E-state index contributed by atoms with van der Waals surface area (Å²) in [5.74, 6) is -0.101. The van der Waals surface area contributed by atoms with E-state index >= 15 is 0 Å². The first-order valence-corrected chi connectivity index (χ1v) is 7.55. The predicted molar refractivity (Wildman–Crippen MR) is 94.1 cm³/mol. The fraction of sp³-hybridized carbons (Fsp3) is 0.100. The third-order valence-electron chi connectivity index (χ3n) is 3.63. The first kappa shape index (κ1) is 15.0. The first-order valence-electron chi connectivity index (χ1n) is 7.55. The molecule has 0 aliphatic carbocycles. The van der Waals surface area contributed by atoms with E-state index in [1.807, 2.05) is 79.7 Å². The number of benzene rings is 2. The Bertz CT molecular complexity index is 843. The molecule has 0 atom stereocenters. The highest BCUT2D eigenvalue weighted by atomic mass is 16.2. The van der Waals surface area contributed by atoms with Crippen LogP contribution in [0.25, 0.3) is 23.4 Å². The molecule has 0 saturated carbocycles. The summed E-state index contributed by atoms with van der Waals surface area (Å²) < 4.78 is 1.44. The number of rotatable bonds is 3. The molecule has 0 spiro atoms. The Labute approximate surface area is 135 Å². The third-order valence-corrected chi connectivity index (χ3v) is 3.63. The average molecular weight is 302 g/mol. The van der Waals surface area contributed by atoms with E-state index in [1.165, 1.54) is 17.2 Å². The molecule has 114 valence electrons. The Kier molecular flexibility index (Phi) is 4.20. The minimum absolute atomic E-state index is 0.101. The second kappa shape index (κ2) is 6.44. The molecule has 1 aromatic heterocycles. The smallest absolute Gasteiger partial charge is 0.244 e. The van der Waals surface area contributed by atoms with Crippen LogP contribution in [0.3, 0.4) is 0 Å². The summed E-state index contributed by atoms with van der Waals surface area (Å²) in [4.78, 5) is 11.8. The lowest BCUT2D eigenvalue weighted by Crippen LogP contribution is -2.09. The maximum Gasteiger partial charge on any atom is 0.244 e. The van der Waals surface area contributed by atoms with Gasteiger partial charge in [0.1, 0.15) is 0 Å². The predicted octanol–water partition coefficient (Wildman–Crippen LogP) is 4.69. The Balaban J connectivity index is 1.98. The second-order valence-electron chi connectivity index (χ2n) is 5.50. The zero-order valence-electron chi connectivity index (χ0n) is 13.2. The zero-order valence-corrected chi connectivity index (χ0v) is 13.2. The molecule has 3 rings (SSSR count). The van der Waals surface area contributed by atoms with Crippen LogP contribution in [0, 0.1) is 6.92 Å². The van der Waals surface area contributed by atoms with Crippen molar-refractivity contribution in [3.8, 4) is 11.3 Å². The van der Waals surface area contributed by atoms with E-state index < -0.39 is 0 Å². The summed E-state index contributed by atoms with van der Waals surface area (Å²) in [7, 11) is 0. The van der Waals surface area contributed by atoms with E-state index in [0.29, 0.717) is 0 Å². The summed E-state index contributed by atoms with van der Waals surface area (Å²) in [6.07, 6.45) is 3.90. The van der Waals surface area contributed by atoms with Crippen LogP contribution < -0.4 is 0 Å². The van der Waals surface area contributed by atoms with E-state index in [0.717, 1.165) is 22.5 Å². The molecule has 3 nitrogen and oxygen atoms in total. The summed E-state index contributed by atoms with van der Waals surface area (Å²) in [6.45, 7) is 3.57. The van der Waals surface area contributed by atoms with Crippen molar-refractivity contribution in [3.05, 3.63) is 77.5 Å². The van der Waals surface area contributed by atoms with Gasteiger partial charge in [0.05, 0.1) is 11.4 Å². The van der Waals surface area contributed by atoms with Crippen molar-refractivity contribution in [1.29, 1.82) is 0 Å². The molecule has 0 fully saturated rings. The highest BCUT2D eigenvalue weighted by Crippen LogP contribution is 2.21. The van der Waals surface area contributed by atoms with Crippen LogP contribution in [-0.2, 0) is 0 Å². The van der Waals surface area contributed by atoms with Crippen LogP contribution >= 0.6 is 0 Å². The molecule has 1 heterocycles. The van der Waals surface area contributed by atoms with Crippen molar-refractivity contribution in [1.82, 2.24) is 9.78 Å². The topological polar surface area (TPSA) is 34.9 Å². The molecule has 23 heavy (non-hydrogen) atoms. The molecule has 0 amide bonds. The second-order valence-corrected chi connectivity index (χ2v) is 5.50. The molecule has 0 N–H and O–H groups in total. The van der Waals surface area contributed by atoms with Crippen molar-refractivity contribution in [3.63, 3.8) is 0 Å². The number of aryl methyl sites for hydroxylation is 1. The fourth-order valence-electron chi connectivity index (χ4n) is 2.38. The van der Waals surface area contributed by atoms with Gasteiger partial charge in [0.2, 0.25) is 5.91 Å². The Morgan fingerprint density at radius 2 is 1.70 bits per heavy atom. The van der Waals surface area contributed by atoms with E-state index in [4.69, 9.17) is 0 Å². The van der Waals surface area contributed by atoms with Gasteiger partial charge in [0.15, 0.2) is 0 Å². The lowest BCUT2D eigenvalue weighted by Gasteiger charge is -1.98. The number of carbonyl (C=O) groups is 1. The van der Waals surface area contributed by atoms with Crippen LogP contribution in [0.4, 0.5) is 0 Å². The highest BCUT2D eigenvalue weighted by molar-refractivity contribution is 5.82. The first-order chi connectivity index (χ1) is 11.1. The largest absolute Gasteiger partial charge is 0.273 e. The summed E-state index contributed by atoms with van der Waals surface area (Å²) >= 11 is 0. The van der Waals surface area contributed by atoms with E-state index in [1.54, 1.807) is 0 Å². The molecule has 2 aromatic carbocycles. The quantitative estimate of drug-likeness (QED) is 0.703. The Morgan fingerprint density at radius 3 is 2.35 bits per heavy atom. The van der Waals surface area contributed by atoms with E-state index in [2.05, 4.69) is 5.10 Å². The van der Waals surface area contributed by atoms with E-state index in [-0.39, 0.29) is 5.91 Å². The molecule has 0 radical (unpaired) electrons. The number of carbonyl (C=O) groups excluding carboxylic acids is 1. The van der Waals surface area contributed by atoms with Gasteiger partial charge in [-0.05, 0) is 24.6 Å². The fourth-order valence-corrected chi connectivity index (χ4v) is 2.38. The summed E-state index contributed by atoms with van der Waals surface area (Å²) in [5, 5.41) is 4.44. The van der Waals surface area contributed by atoms with Crippen molar-refractivity contribution in [2.75, 3.05) is 0 Å². The molecule has 0 bridgehead atoms. The SMILES string of the molecule is CC(=O)n1nc(-c2ccc(C)cc2)cc1/C=C/c1ccccc1.